The third-order valence-corrected chi connectivity index (χ3v) is 3.80. The molecule has 0 saturated heterocycles. The number of aliphatic imine (C=N–C) groups is 1. The molecule has 0 fully saturated rings. The van der Waals surface area contributed by atoms with Crippen molar-refractivity contribution in [2.75, 3.05) is 19.6 Å². The smallest absolute Gasteiger partial charge is 0.191 e. The average molecular weight is 305 g/mol. The summed E-state index contributed by atoms with van der Waals surface area (Å²) < 4.78 is 2.15. The fourth-order valence-corrected chi connectivity index (χ4v) is 2.62. The molecule has 0 radical (unpaired) electrons. The summed E-state index contributed by atoms with van der Waals surface area (Å²) in [7, 11) is 0. The van der Waals surface area contributed by atoms with E-state index in [1.54, 1.807) is 11.3 Å². The minimum atomic E-state index is 0.752. The maximum atomic E-state index is 4.59. The van der Waals surface area contributed by atoms with E-state index in [-0.39, 0.29) is 0 Å². The molecule has 0 bridgehead atoms. The van der Waals surface area contributed by atoms with Gasteiger partial charge in [0, 0.05) is 50.4 Å². The number of hydrogen-bond acceptors (Lipinski definition) is 3. The Morgan fingerprint density at radius 3 is 2.81 bits per heavy atom. The zero-order chi connectivity index (χ0) is 14.9. The molecule has 2 aromatic rings. The van der Waals surface area contributed by atoms with Crippen LogP contribution in [0.4, 0.5) is 0 Å². The molecule has 0 unspecified atom stereocenters. The molecule has 2 rings (SSSR count). The van der Waals surface area contributed by atoms with Crippen LogP contribution in [0.25, 0.3) is 0 Å². The highest BCUT2D eigenvalue weighted by Gasteiger charge is 1.99. The molecule has 0 spiro atoms. The zero-order valence-electron chi connectivity index (χ0n) is 12.7. The standard InChI is InChI=1S/C15H23N5S/c1-3-16-15(18-8-11-20-9-4-5-10-20)17-7-6-14-12-21-13(2)19-14/h4-5,9-10,12H,3,6-8,11H2,1-2H3,(H2,16,17,18). The van der Waals surface area contributed by atoms with Crippen molar-refractivity contribution in [1.82, 2.24) is 20.2 Å². The molecule has 0 aliphatic carbocycles. The van der Waals surface area contributed by atoms with Crippen molar-refractivity contribution in [3.8, 4) is 0 Å². The topological polar surface area (TPSA) is 54.2 Å². The molecule has 0 aromatic carbocycles. The quantitative estimate of drug-likeness (QED) is 0.608. The molecule has 2 aromatic heterocycles. The normalized spacial score (nSPS) is 11.6. The van der Waals surface area contributed by atoms with Gasteiger partial charge >= 0.3 is 0 Å². The fraction of sp³-hybridized carbons (Fsp3) is 0.467. The predicted molar refractivity (Wildman–Crippen MR) is 89.0 cm³/mol. The first-order chi connectivity index (χ1) is 10.3. The van der Waals surface area contributed by atoms with Crippen LogP contribution < -0.4 is 10.6 Å². The zero-order valence-corrected chi connectivity index (χ0v) is 13.5. The summed E-state index contributed by atoms with van der Waals surface area (Å²) in [5.74, 6) is 0.872. The van der Waals surface area contributed by atoms with Crippen LogP contribution in [0.3, 0.4) is 0 Å². The molecule has 6 heteroatoms. The fourth-order valence-electron chi connectivity index (χ4n) is 1.97. The lowest BCUT2D eigenvalue weighted by molar-refractivity contribution is 0.665. The first-order valence-electron chi connectivity index (χ1n) is 7.32. The Balaban J connectivity index is 1.75. The Labute approximate surface area is 130 Å². The minimum absolute atomic E-state index is 0.752. The van der Waals surface area contributed by atoms with Crippen LogP contribution in [-0.4, -0.2) is 35.1 Å². The van der Waals surface area contributed by atoms with Crippen molar-refractivity contribution >= 4 is 17.3 Å². The molecule has 0 aliphatic rings. The summed E-state index contributed by atoms with van der Waals surface area (Å²) >= 11 is 1.69. The molecule has 0 aliphatic heterocycles. The van der Waals surface area contributed by atoms with Gasteiger partial charge < -0.3 is 15.2 Å². The second-order valence-electron chi connectivity index (χ2n) is 4.72. The summed E-state index contributed by atoms with van der Waals surface area (Å²) in [6, 6.07) is 4.07. The lowest BCUT2D eigenvalue weighted by atomic mass is 10.3. The SMILES string of the molecule is CCNC(=NCCc1csc(C)n1)NCCn1cccc1. The number of aryl methyl sites for hydroxylation is 1. The first kappa shape index (κ1) is 15.6. The number of nitrogens with zero attached hydrogens (tertiary/aromatic N) is 3. The van der Waals surface area contributed by atoms with Gasteiger partial charge in [0.2, 0.25) is 0 Å². The monoisotopic (exact) mass is 305 g/mol. The van der Waals surface area contributed by atoms with E-state index in [4.69, 9.17) is 0 Å². The highest BCUT2D eigenvalue weighted by Crippen LogP contribution is 2.08. The van der Waals surface area contributed by atoms with Gasteiger partial charge in [-0.2, -0.15) is 0 Å². The predicted octanol–water partition coefficient (Wildman–Crippen LogP) is 2.05. The Hall–Kier alpha value is -1.82. The Morgan fingerprint density at radius 2 is 2.14 bits per heavy atom. The minimum Gasteiger partial charge on any atom is -0.357 e. The summed E-state index contributed by atoms with van der Waals surface area (Å²) in [5.41, 5.74) is 1.13. The maximum absolute atomic E-state index is 4.59. The molecule has 0 atom stereocenters. The van der Waals surface area contributed by atoms with E-state index in [1.165, 1.54) is 0 Å². The van der Waals surface area contributed by atoms with E-state index in [0.29, 0.717) is 0 Å². The lowest BCUT2D eigenvalue weighted by Gasteiger charge is -2.11. The highest BCUT2D eigenvalue weighted by atomic mass is 32.1. The molecular weight excluding hydrogens is 282 g/mol. The Kier molecular flexibility index (Phi) is 6.27. The third-order valence-electron chi connectivity index (χ3n) is 2.98. The number of rotatable bonds is 7. The molecule has 0 amide bonds. The van der Waals surface area contributed by atoms with Gasteiger partial charge in [0.25, 0.3) is 0 Å². The van der Waals surface area contributed by atoms with Crippen LogP contribution in [0, 0.1) is 6.92 Å². The second kappa shape index (κ2) is 8.46. The van der Waals surface area contributed by atoms with Gasteiger partial charge in [-0.3, -0.25) is 4.99 Å². The highest BCUT2D eigenvalue weighted by molar-refractivity contribution is 7.09. The summed E-state index contributed by atoms with van der Waals surface area (Å²) in [6.07, 6.45) is 5.02. The van der Waals surface area contributed by atoms with E-state index < -0.39 is 0 Å². The van der Waals surface area contributed by atoms with E-state index in [1.807, 2.05) is 19.1 Å². The average Bonchev–Trinajstić information content (AvgIpc) is 3.11. The number of aromatic nitrogens is 2. The number of guanidine groups is 1. The van der Waals surface area contributed by atoms with Crippen LogP contribution in [0.2, 0.25) is 0 Å². The van der Waals surface area contributed by atoms with Crippen LogP contribution in [0.15, 0.2) is 34.9 Å². The van der Waals surface area contributed by atoms with E-state index in [2.05, 4.69) is 49.9 Å². The van der Waals surface area contributed by atoms with E-state index >= 15 is 0 Å². The molecule has 5 nitrogen and oxygen atoms in total. The number of nitrogens with one attached hydrogen (secondary N) is 2. The van der Waals surface area contributed by atoms with Crippen LogP contribution in [0.1, 0.15) is 17.6 Å². The van der Waals surface area contributed by atoms with Crippen molar-refractivity contribution in [2.24, 2.45) is 4.99 Å². The van der Waals surface area contributed by atoms with Crippen molar-refractivity contribution in [2.45, 2.75) is 26.8 Å². The van der Waals surface area contributed by atoms with Gasteiger partial charge in [0.05, 0.1) is 10.7 Å². The largest absolute Gasteiger partial charge is 0.357 e. The van der Waals surface area contributed by atoms with Crippen LogP contribution in [-0.2, 0) is 13.0 Å². The number of hydrogen-bond donors (Lipinski definition) is 2. The van der Waals surface area contributed by atoms with Crippen molar-refractivity contribution in [3.63, 3.8) is 0 Å². The first-order valence-corrected chi connectivity index (χ1v) is 8.20. The molecule has 114 valence electrons. The maximum Gasteiger partial charge on any atom is 0.191 e. The molecule has 21 heavy (non-hydrogen) atoms. The van der Waals surface area contributed by atoms with Crippen molar-refractivity contribution in [3.05, 3.63) is 40.6 Å². The van der Waals surface area contributed by atoms with E-state index in [9.17, 15) is 0 Å². The molecule has 2 N–H and O–H groups in total. The summed E-state index contributed by atoms with van der Waals surface area (Å²) in [5, 5.41) is 9.84. The second-order valence-corrected chi connectivity index (χ2v) is 5.78. The van der Waals surface area contributed by atoms with Crippen molar-refractivity contribution in [1.29, 1.82) is 0 Å². The summed E-state index contributed by atoms with van der Waals surface area (Å²) in [6.45, 7) is 7.52. The molecular formula is C15H23N5S. The third kappa shape index (κ3) is 5.59. The van der Waals surface area contributed by atoms with Gasteiger partial charge in [-0.15, -0.1) is 11.3 Å². The number of thiazole rings is 1. The van der Waals surface area contributed by atoms with Gasteiger partial charge in [-0.05, 0) is 26.0 Å². The van der Waals surface area contributed by atoms with Crippen LogP contribution >= 0.6 is 11.3 Å². The lowest BCUT2D eigenvalue weighted by Crippen LogP contribution is -2.39. The van der Waals surface area contributed by atoms with E-state index in [0.717, 1.165) is 49.3 Å². The van der Waals surface area contributed by atoms with Crippen LogP contribution in [0.5, 0.6) is 0 Å². The Bertz CT molecular complexity index is 544. The Morgan fingerprint density at radius 1 is 1.33 bits per heavy atom. The van der Waals surface area contributed by atoms with Crippen molar-refractivity contribution < 1.29 is 0 Å². The molecule has 0 saturated carbocycles. The van der Waals surface area contributed by atoms with Gasteiger partial charge in [-0.25, -0.2) is 4.98 Å². The van der Waals surface area contributed by atoms with Gasteiger partial charge in [0.1, 0.15) is 0 Å². The molecule has 2 heterocycles. The summed E-state index contributed by atoms with van der Waals surface area (Å²) in [4.78, 5) is 9.04. The van der Waals surface area contributed by atoms with Gasteiger partial charge in [-0.1, -0.05) is 0 Å². The van der Waals surface area contributed by atoms with Gasteiger partial charge in [0.15, 0.2) is 5.96 Å².